The molecular weight excluding hydrogens is 366 g/mol. The second-order valence-electron chi connectivity index (χ2n) is 6.62. The van der Waals surface area contributed by atoms with Gasteiger partial charge in [-0.25, -0.2) is 4.98 Å². The van der Waals surface area contributed by atoms with E-state index in [2.05, 4.69) is 15.6 Å². The Morgan fingerprint density at radius 3 is 2.52 bits per heavy atom. The molecule has 3 aromatic rings. The number of carbonyl (C=O) groups is 1. The minimum Gasteiger partial charge on any atom is -0.493 e. The predicted molar refractivity (Wildman–Crippen MR) is 114 cm³/mol. The van der Waals surface area contributed by atoms with Crippen molar-refractivity contribution in [2.24, 2.45) is 0 Å². The number of nitrogens with one attached hydrogen (secondary N) is 2. The van der Waals surface area contributed by atoms with Crippen molar-refractivity contribution in [1.29, 1.82) is 0 Å². The Hall–Kier alpha value is -3.54. The molecule has 0 bridgehead atoms. The van der Waals surface area contributed by atoms with E-state index in [4.69, 9.17) is 9.47 Å². The summed E-state index contributed by atoms with van der Waals surface area (Å²) in [6, 6.07) is 17.3. The highest BCUT2D eigenvalue weighted by molar-refractivity contribution is 5.94. The first kappa shape index (κ1) is 20.2. The van der Waals surface area contributed by atoms with Gasteiger partial charge in [-0.2, -0.15) is 0 Å². The number of benzene rings is 2. The Bertz CT molecular complexity index is 971. The lowest BCUT2D eigenvalue weighted by Gasteiger charge is -2.10. The van der Waals surface area contributed by atoms with Gasteiger partial charge in [-0.3, -0.25) is 4.79 Å². The summed E-state index contributed by atoms with van der Waals surface area (Å²) in [7, 11) is 3.21. The molecule has 0 saturated heterocycles. The van der Waals surface area contributed by atoms with E-state index in [1.54, 1.807) is 32.5 Å². The Morgan fingerprint density at radius 1 is 1.00 bits per heavy atom. The number of rotatable bonds is 8. The van der Waals surface area contributed by atoms with Crippen molar-refractivity contribution in [2.75, 3.05) is 26.1 Å². The number of hydrogen-bond donors (Lipinski definition) is 2. The van der Waals surface area contributed by atoms with Crippen molar-refractivity contribution < 1.29 is 14.3 Å². The number of hydrogen-bond acceptors (Lipinski definition) is 5. The molecule has 0 aliphatic heterocycles. The van der Waals surface area contributed by atoms with Crippen LogP contribution in [0.25, 0.3) is 0 Å². The van der Waals surface area contributed by atoms with Gasteiger partial charge in [0.25, 0.3) is 5.91 Å². The van der Waals surface area contributed by atoms with Crippen LogP contribution in [0, 0.1) is 6.92 Å². The minimum atomic E-state index is -0.153. The van der Waals surface area contributed by atoms with Crippen LogP contribution in [0.4, 0.5) is 11.5 Å². The molecule has 1 aromatic heterocycles. The number of anilines is 2. The number of aryl methyl sites for hydroxylation is 1. The summed E-state index contributed by atoms with van der Waals surface area (Å²) in [5.74, 6) is 1.90. The van der Waals surface area contributed by atoms with Crippen molar-refractivity contribution in [3.63, 3.8) is 0 Å². The third-order valence-corrected chi connectivity index (χ3v) is 4.46. The molecular formula is C23H25N3O3. The van der Waals surface area contributed by atoms with Gasteiger partial charge in [0.1, 0.15) is 5.82 Å². The van der Waals surface area contributed by atoms with Gasteiger partial charge < -0.3 is 20.1 Å². The van der Waals surface area contributed by atoms with Crippen LogP contribution in [0.15, 0.2) is 60.8 Å². The topological polar surface area (TPSA) is 72.5 Å². The minimum absolute atomic E-state index is 0.153. The van der Waals surface area contributed by atoms with Crippen molar-refractivity contribution in [2.45, 2.75) is 13.3 Å². The van der Waals surface area contributed by atoms with Crippen molar-refractivity contribution in [3.05, 3.63) is 77.5 Å². The number of pyridine rings is 1. The second kappa shape index (κ2) is 9.59. The molecule has 0 aliphatic carbocycles. The van der Waals surface area contributed by atoms with Crippen LogP contribution in [0.2, 0.25) is 0 Å². The van der Waals surface area contributed by atoms with Gasteiger partial charge in [0.15, 0.2) is 11.5 Å². The lowest BCUT2D eigenvalue weighted by atomic mass is 10.1. The van der Waals surface area contributed by atoms with E-state index >= 15 is 0 Å². The summed E-state index contributed by atoms with van der Waals surface area (Å²) in [6.45, 7) is 2.55. The van der Waals surface area contributed by atoms with Crippen molar-refractivity contribution in [3.8, 4) is 11.5 Å². The van der Waals surface area contributed by atoms with Crippen LogP contribution in [-0.2, 0) is 6.42 Å². The van der Waals surface area contributed by atoms with Crippen LogP contribution >= 0.6 is 0 Å². The summed E-state index contributed by atoms with van der Waals surface area (Å²) >= 11 is 0. The summed E-state index contributed by atoms with van der Waals surface area (Å²) < 4.78 is 10.5. The second-order valence-corrected chi connectivity index (χ2v) is 6.62. The Kier molecular flexibility index (Phi) is 6.68. The van der Waals surface area contributed by atoms with Gasteiger partial charge in [-0.1, -0.05) is 18.2 Å². The van der Waals surface area contributed by atoms with Gasteiger partial charge >= 0.3 is 0 Å². The summed E-state index contributed by atoms with van der Waals surface area (Å²) in [5.41, 5.74) is 3.70. The van der Waals surface area contributed by atoms with Gasteiger partial charge in [-0.05, 0) is 60.9 Å². The van der Waals surface area contributed by atoms with E-state index in [1.807, 2.05) is 49.4 Å². The average Bonchev–Trinajstić information content (AvgIpc) is 2.74. The monoisotopic (exact) mass is 391 g/mol. The third-order valence-electron chi connectivity index (χ3n) is 4.46. The van der Waals surface area contributed by atoms with Gasteiger partial charge in [0.2, 0.25) is 0 Å². The van der Waals surface area contributed by atoms with Crippen LogP contribution in [-0.4, -0.2) is 31.7 Å². The van der Waals surface area contributed by atoms with E-state index < -0.39 is 0 Å². The SMILES string of the molecule is COc1ccc(CCNC(=O)c2ccc(Nc3cccc(C)c3)nc2)cc1OC. The molecule has 150 valence electrons. The molecule has 29 heavy (non-hydrogen) atoms. The first-order chi connectivity index (χ1) is 14.1. The van der Waals surface area contributed by atoms with Crippen molar-refractivity contribution >= 4 is 17.4 Å². The summed E-state index contributed by atoms with van der Waals surface area (Å²) in [4.78, 5) is 16.7. The molecule has 1 amide bonds. The lowest BCUT2D eigenvalue weighted by molar-refractivity contribution is 0.0954. The Labute approximate surface area is 170 Å². The normalized spacial score (nSPS) is 10.3. The lowest BCUT2D eigenvalue weighted by Crippen LogP contribution is -2.25. The third kappa shape index (κ3) is 5.48. The van der Waals surface area contributed by atoms with Crippen LogP contribution in [0.3, 0.4) is 0 Å². The number of carbonyl (C=O) groups excluding carboxylic acids is 1. The van der Waals surface area contributed by atoms with Crippen molar-refractivity contribution in [1.82, 2.24) is 10.3 Å². The smallest absolute Gasteiger partial charge is 0.252 e. The molecule has 0 aliphatic rings. The van der Waals surface area contributed by atoms with E-state index in [-0.39, 0.29) is 5.91 Å². The number of nitrogens with zero attached hydrogens (tertiary/aromatic N) is 1. The predicted octanol–water partition coefficient (Wildman–Crippen LogP) is 4.12. The zero-order valence-electron chi connectivity index (χ0n) is 16.9. The highest BCUT2D eigenvalue weighted by Crippen LogP contribution is 2.27. The first-order valence-electron chi connectivity index (χ1n) is 9.38. The fraction of sp³-hybridized carbons (Fsp3) is 0.217. The molecule has 0 saturated carbocycles. The Balaban J connectivity index is 1.53. The standard InChI is InChI=1S/C23H25N3O3/c1-16-5-4-6-19(13-16)26-22-10-8-18(15-25-22)23(27)24-12-11-17-7-9-20(28-2)21(14-17)29-3/h4-10,13-15H,11-12H2,1-3H3,(H,24,27)(H,25,26). The molecule has 0 radical (unpaired) electrons. The molecule has 1 heterocycles. The zero-order chi connectivity index (χ0) is 20.6. The maximum Gasteiger partial charge on any atom is 0.252 e. The fourth-order valence-electron chi connectivity index (χ4n) is 2.93. The maximum absolute atomic E-state index is 12.4. The fourth-order valence-corrected chi connectivity index (χ4v) is 2.93. The molecule has 2 N–H and O–H groups in total. The first-order valence-corrected chi connectivity index (χ1v) is 9.38. The summed E-state index contributed by atoms with van der Waals surface area (Å²) in [5, 5.41) is 6.15. The molecule has 3 rings (SSSR count). The molecule has 6 heteroatoms. The van der Waals surface area contributed by atoms with E-state index in [9.17, 15) is 4.79 Å². The highest BCUT2D eigenvalue weighted by atomic mass is 16.5. The number of methoxy groups -OCH3 is 2. The van der Waals surface area contributed by atoms with E-state index in [1.165, 1.54) is 5.56 Å². The highest BCUT2D eigenvalue weighted by Gasteiger charge is 2.08. The number of amides is 1. The van der Waals surface area contributed by atoms with Gasteiger partial charge in [0.05, 0.1) is 19.8 Å². The number of ether oxygens (including phenoxy) is 2. The zero-order valence-corrected chi connectivity index (χ0v) is 16.9. The van der Waals surface area contributed by atoms with Crippen LogP contribution in [0.1, 0.15) is 21.5 Å². The van der Waals surface area contributed by atoms with E-state index in [0.29, 0.717) is 35.8 Å². The number of aromatic nitrogens is 1. The quantitative estimate of drug-likeness (QED) is 0.604. The molecule has 0 spiro atoms. The van der Waals surface area contributed by atoms with Gasteiger partial charge in [-0.15, -0.1) is 0 Å². The molecule has 6 nitrogen and oxygen atoms in total. The Morgan fingerprint density at radius 2 is 1.83 bits per heavy atom. The van der Waals surface area contributed by atoms with Crippen LogP contribution in [0.5, 0.6) is 11.5 Å². The van der Waals surface area contributed by atoms with E-state index in [0.717, 1.165) is 11.3 Å². The van der Waals surface area contributed by atoms with Gasteiger partial charge in [0, 0.05) is 18.4 Å². The molecule has 0 unspecified atom stereocenters. The molecule has 2 aromatic carbocycles. The largest absolute Gasteiger partial charge is 0.493 e. The molecule has 0 atom stereocenters. The molecule has 0 fully saturated rings. The van der Waals surface area contributed by atoms with Crippen LogP contribution < -0.4 is 20.1 Å². The maximum atomic E-state index is 12.4. The summed E-state index contributed by atoms with van der Waals surface area (Å²) in [6.07, 6.45) is 2.26. The average molecular weight is 391 g/mol.